The van der Waals surface area contributed by atoms with E-state index in [0.717, 1.165) is 9.99 Å². The Morgan fingerprint density at radius 2 is 2.29 bits per heavy atom. The Bertz CT molecular complexity index is 492. The molecule has 0 amide bonds. The Kier molecular flexibility index (Phi) is 2.28. The summed E-state index contributed by atoms with van der Waals surface area (Å²) in [7, 11) is 1.77. The van der Waals surface area contributed by atoms with Crippen LogP contribution in [-0.2, 0) is 13.6 Å². The van der Waals surface area contributed by atoms with Gasteiger partial charge < -0.3 is 5.73 Å². The average Bonchev–Trinajstić information content (AvgIpc) is 2.50. The molecule has 0 aliphatic carbocycles. The molecule has 0 bridgehead atoms. The standard InChI is InChI=1S/C9H9BrFN3/c1-14-9-5(10)2-3-6(11)8(9)7(4-12)13-14/h2-3H,4,12H2,1H3. The van der Waals surface area contributed by atoms with Gasteiger partial charge in [0.05, 0.1) is 16.6 Å². The number of aryl methyl sites for hydroxylation is 1. The first-order chi connectivity index (χ1) is 6.65. The molecule has 2 rings (SSSR count). The third kappa shape index (κ3) is 1.24. The van der Waals surface area contributed by atoms with Crippen LogP contribution in [0.5, 0.6) is 0 Å². The van der Waals surface area contributed by atoms with Crippen molar-refractivity contribution in [1.82, 2.24) is 9.78 Å². The molecule has 0 atom stereocenters. The first-order valence-corrected chi connectivity index (χ1v) is 4.94. The van der Waals surface area contributed by atoms with Crippen LogP contribution in [0.15, 0.2) is 16.6 Å². The van der Waals surface area contributed by atoms with Gasteiger partial charge in [0, 0.05) is 18.1 Å². The van der Waals surface area contributed by atoms with Gasteiger partial charge in [0.25, 0.3) is 0 Å². The van der Waals surface area contributed by atoms with E-state index < -0.39 is 0 Å². The van der Waals surface area contributed by atoms with Crippen LogP contribution in [-0.4, -0.2) is 9.78 Å². The molecule has 0 aliphatic rings. The van der Waals surface area contributed by atoms with Crippen molar-refractivity contribution in [3.63, 3.8) is 0 Å². The zero-order valence-electron chi connectivity index (χ0n) is 7.59. The van der Waals surface area contributed by atoms with Gasteiger partial charge in [-0.25, -0.2) is 4.39 Å². The van der Waals surface area contributed by atoms with E-state index in [1.54, 1.807) is 17.8 Å². The van der Waals surface area contributed by atoms with E-state index in [2.05, 4.69) is 21.0 Å². The van der Waals surface area contributed by atoms with E-state index in [0.29, 0.717) is 11.1 Å². The maximum absolute atomic E-state index is 13.5. The minimum absolute atomic E-state index is 0.241. The predicted molar refractivity (Wildman–Crippen MR) is 56.3 cm³/mol. The maximum Gasteiger partial charge on any atom is 0.134 e. The molecule has 0 unspecified atom stereocenters. The molecule has 5 heteroatoms. The summed E-state index contributed by atoms with van der Waals surface area (Å²) in [5.74, 6) is -0.281. The molecular weight excluding hydrogens is 249 g/mol. The van der Waals surface area contributed by atoms with Gasteiger partial charge in [-0.15, -0.1) is 0 Å². The van der Waals surface area contributed by atoms with Crippen molar-refractivity contribution in [3.05, 3.63) is 28.1 Å². The number of fused-ring (bicyclic) bond motifs is 1. The SMILES string of the molecule is Cn1nc(CN)c2c(F)ccc(Br)c21. The molecular formula is C9H9BrFN3. The number of nitrogens with two attached hydrogens (primary N) is 1. The van der Waals surface area contributed by atoms with Crippen molar-refractivity contribution >= 4 is 26.8 Å². The number of rotatable bonds is 1. The summed E-state index contributed by atoms with van der Waals surface area (Å²) in [6.45, 7) is 0.241. The molecule has 0 saturated carbocycles. The van der Waals surface area contributed by atoms with Gasteiger partial charge in [0.1, 0.15) is 5.82 Å². The van der Waals surface area contributed by atoms with Crippen molar-refractivity contribution in [2.75, 3.05) is 0 Å². The molecule has 74 valence electrons. The first-order valence-electron chi connectivity index (χ1n) is 4.14. The lowest BCUT2D eigenvalue weighted by Crippen LogP contribution is -1.99. The fourth-order valence-electron chi connectivity index (χ4n) is 1.56. The lowest BCUT2D eigenvalue weighted by atomic mass is 10.2. The minimum Gasteiger partial charge on any atom is -0.325 e. The fraction of sp³-hybridized carbons (Fsp3) is 0.222. The summed E-state index contributed by atoms with van der Waals surface area (Å²) in [5, 5.41) is 4.66. The van der Waals surface area contributed by atoms with Crippen LogP contribution >= 0.6 is 15.9 Å². The number of benzene rings is 1. The van der Waals surface area contributed by atoms with Crippen molar-refractivity contribution in [2.24, 2.45) is 12.8 Å². The van der Waals surface area contributed by atoms with Gasteiger partial charge in [-0.1, -0.05) is 0 Å². The van der Waals surface area contributed by atoms with Crippen LogP contribution in [0, 0.1) is 5.82 Å². The number of hydrogen-bond acceptors (Lipinski definition) is 2. The number of hydrogen-bond donors (Lipinski definition) is 1. The highest BCUT2D eigenvalue weighted by atomic mass is 79.9. The Morgan fingerprint density at radius 3 is 2.93 bits per heavy atom. The summed E-state index contributed by atoms with van der Waals surface area (Å²) >= 11 is 3.36. The van der Waals surface area contributed by atoms with Crippen molar-refractivity contribution in [2.45, 2.75) is 6.54 Å². The van der Waals surface area contributed by atoms with Crippen LogP contribution in [0.1, 0.15) is 5.69 Å². The van der Waals surface area contributed by atoms with Gasteiger partial charge in [-0.3, -0.25) is 4.68 Å². The molecule has 1 aromatic carbocycles. The van der Waals surface area contributed by atoms with E-state index >= 15 is 0 Å². The molecule has 2 aromatic rings. The summed E-state index contributed by atoms with van der Waals surface area (Å²) in [4.78, 5) is 0. The minimum atomic E-state index is -0.281. The predicted octanol–water partition coefficient (Wildman–Crippen LogP) is 1.93. The highest BCUT2D eigenvalue weighted by Crippen LogP contribution is 2.28. The number of halogens is 2. The number of aromatic nitrogens is 2. The average molecular weight is 258 g/mol. The summed E-state index contributed by atoms with van der Waals surface area (Å²) < 4.78 is 15.9. The molecule has 2 N–H and O–H groups in total. The molecule has 0 fully saturated rings. The molecule has 0 aliphatic heterocycles. The Labute approximate surface area is 88.8 Å². The second-order valence-electron chi connectivity index (χ2n) is 3.03. The van der Waals surface area contributed by atoms with E-state index in [1.165, 1.54) is 6.07 Å². The second kappa shape index (κ2) is 3.33. The third-order valence-electron chi connectivity index (χ3n) is 2.15. The largest absolute Gasteiger partial charge is 0.325 e. The lowest BCUT2D eigenvalue weighted by Gasteiger charge is -1.98. The van der Waals surface area contributed by atoms with E-state index in [9.17, 15) is 4.39 Å². The van der Waals surface area contributed by atoms with Crippen LogP contribution in [0.25, 0.3) is 10.9 Å². The number of nitrogens with zero attached hydrogens (tertiary/aromatic N) is 2. The fourth-order valence-corrected chi connectivity index (χ4v) is 2.14. The topological polar surface area (TPSA) is 43.8 Å². The Hall–Kier alpha value is -0.940. The second-order valence-corrected chi connectivity index (χ2v) is 3.88. The van der Waals surface area contributed by atoms with Crippen LogP contribution in [0.4, 0.5) is 4.39 Å². The van der Waals surface area contributed by atoms with Gasteiger partial charge >= 0.3 is 0 Å². The Balaban J connectivity index is 2.94. The first kappa shape index (κ1) is 9.61. The molecule has 0 saturated heterocycles. The highest BCUT2D eigenvalue weighted by Gasteiger charge is 2.13. The smallest absolute Gasteiger partial charge is 0.134 e. The molecule has 1 aromatic heterocycles. The van der Waals surface area contributed by atoms with Crippen molar-refractivity contribution in [1.29, 1.82) is 0 Å². The zero-order chi connectivity index (χ0) is 10.3. The maximum atomic E-state index is 13.5. The summed E-state index contributed by atoms with van der Waals surface area (Å²) in [5.41, 5.74) is 6.82. The lowest BCUT2D eigenvalue weighted by molar-refractivity contribution is 0.638. The van der Waals surface area contributed by atoms with Crippen LogP contribution in [0.3, 0.4) is 0 Å². The van der Waals surface area contributed by atoms with E-state index in [1.807, 2.05) is 0 Å². The zero-order valence-corrected chi connectivity index (χ0v) is 9.18. The van der Waals surface area contributed by atoms with Crippen molar-refractivity contribution in [3.8, 4) is 0 Å². The van der Waals surface area contributed by atoms with Gasteiger partial charge in [0.15, 0.2) is 0 Å². The van der Waals surface area contributed by atoms with Gasteiger partial charge in [-0.2, -0.15) is 5.10 Å². The monoisotopic (exact) mass is 257 g/mol. The van der Waals surface area contributed by atoms with Gasteiger partial charge in [-0.05, 0) is 28.1 Å². The molecule has 3 nitrogen and oxygen atoms in total. The summed E-state index contributed by atoms with van der Waals surface area (Å²) in [6.07, 6.45) is 0. The third-order valence-corrected chi connectivity index (χ3v) is 2.79. The normalized spacial score (nSPS) is 11.1. The van der Waals surface area contributed by atoms with Crippen molar-refractivity contribution < 1.29 is 4.39 Å². The van der Waals surface area contributed by atoms with Gasteiger partial charge in [0.2, 0.25) is 0 Å². The summed E-state index contributed by atoms with van der Waals surface area (Å²) in [6, 6.07) is 3.08. The van der Waals surface area contributed by atoms with Crippen LogP contribution in [0.2, 0.25) is 0 Å². The van der Waals surface area contributed by atoms with Crippen LogP contribution < -0.4 is 5.73 Å². The Morgan fingerprint density at radius 1 is 1.57 bits per heavy atom. The molecule has 0 spiro atoms. The highest BCUT2D eigenvalue weighted by molar-refractivity contribution is 9.10. The molecule has 14 heavy (non-hydrogen) atoms. The van der Waals surface area contributed by atoms with E-state index in [4.69, 9.17) is 5.73 Å². The molecule has 0 radical (unpaired) electrons. The quantitative estimate of drug-likeness (QED) is 0.849. The molecule has 1 heterocycles. The van der Waals surface area contributed by atoms with E-state index in [-0.39, 0.29) is 12.4 Å².